The first-order chi connectivity index (χ1) is 8.72. The van der Waals surface area contributed by atoms with Crippen molar-refractivity contribution < 1.29 is 8.83 Å². The maximum Gasteiger partial charge on any atom is 0.296 e. The summed E-state index contributed by atoms with van der Waals surface area (Å²) in [5.41, 5.74) is 7.81. The van der Waals surface area contributed by atoms with E-state index in [0.717, 1.165) is 11.3 Å². The van der Waals surface area contributed by atoms with Gasteiger partial charge < -0.3 is 19.9 Å². The normalized spacial score (nSPS) is 12.7. The number of oxazole rings is 1. The molecule has 3 aromatic rings. The molecule has 18 heavy (non-hydrogen) atoms. The van der Waals surface area contributed by atoms with Crippen LogP contribution < -0.4 is 11.1 Å². The second-order valence-corrected chi connectivity index (χ2v) is 4.13. The van der Waals surface area contributed by atoms with E-state index >= 15 is 0 Å². The lowest BCUT2D eigenvalue weighted by molar-refractivity contribution is 0.483. The Balaban J connectivity index is 1.86. The maximum atomic E-state index is 5.69. The van der Waals surface area contributed by atoms with Gasteiger partial charge in [0.05, 0.1) is 12.3 Å². The van der Waals surface area contributed by atoms with Gasteiger partial charge >= 0.3 is 0 Å². The number of hydrogen-bond donors (Lipinski definition) is 2. The van der Waals surface area contributed by atoms with Crippen molar-refractivity contribution in [2.45, 2.75) is 13.0 Å². The molecule has 2 aromatic heterocycles. The molecule has 0 aliphatic heterocycles. The number of aromatic nitrogens is 1. The Bertz CT molecular complexity index is 658. The number of nitrogens with two attached hydrogens (primary N) is 1. The van der Waals surface area contributed by atoms with Crippen LogP contribution in [0.25, 0.3) is 11.1 Å². The Morgan fingerprint density at radius 2 is 2.22 bits per heavy atom. The third-order valence-electron chi connectivity index (χ3n) is 2.72. The molecule has 0 fully saturated rings. The monoisotopic (exact) mass is 243 g/mol. The van der Waals surface area contributed by atoms with Crippen molar-refractivity contribution >= 4 is 22.8 Å². The first-order valence-corrected chi connectivity index (χ1v) is 5.68. The van der Waals surface area contributed by atoms with Crippen molar-refractivity contribution in [3.05, 3.63) is 42.4 Å². The average Bonchev–Trinajstić information content (AvgIpc) is 2.95. The third kappa shape index (κ3) is 1.90. The second kappa shape index (κ2) is 4.10. The molecule has 3 rings (SSSR count). The lowest BCUT2D eigenvalue weighted by atomic mass is 10.3. The van der Waals surface area contributed by atoms with E-state index in [2.05, 4.69) is 10.3 Å². The SMILES string of the molecule is CC(Nc1nc2cc(N)ccc2o1)c1ccco1. The number of nitrogens with zero attached hydrogens (tertiary/aromatic N) is 1. The maximum absolute atomic E-state index is 5.69. The van der Waals surface area contributed by atoms with Gasteiger partial charge in [-0.3, -0.25) is 0 Å². The topological polar surface area (TPSA) is 77.2 Å². The van der Waals surface area contributed by atoms with Crippen LogP contribution in [0.15, 0.2) is 45.4 Å². The van der Waals surface area contributed by atoms with Crippen LogP contribution in [0.4, 0.5) is 11.7 Å². The summed E-state index contributed by atoms with van der Waals surface area (Å²) < 4.78 is 10.9. The van der Waals surface area contributed by atoms with E-state index in [-0.39, 0.29) is 6.04 Å². The largest absolute Gasteiger partial charge is 0.467 e. The van der Waals surface area contributed by atoms with E-state index in [1.807, 2.05) is 19.1 Å². The van der Waals surface area contributed by atoms with E-state index in [1.54, 1.807) is 24.5 Å². The van der Waals surface area contributed by atoms with Crippen LogP contribution in [-0.4, -0.2) is 4.98 Å². The van der Waals surface area contributed by atoms with Crippen molar-refractivity contribution in [1.82, 2.24) is 4.98 Å². The van der Waals surface area contributed by atoms with Gasteiger partial charge in [-0.2, -0.15) is 4.98 Å². The molecule has 0 aliphatic rings. The van der Waals surface area contributed by atoms with Gasteiger partial charge in [-0.05, 0) is 37.3 Å². The number of furan rings is 1. The summed E-state index contributed by atoms with van der Waals surface area (Å²) >= 11 is 0. The number of benzene rings is 1. The number of nitrogens with one attached hydrogen (secondary N) is 1. The highest BCUT2D eigenvalue weighted by atomic mass is 16.4. The lowest BCUT2D eigenvalue weighted by Crippen LogP contribution is -2.05. The van der Waals surface area contributed by atoms with E-state index in [0.29, 0.717) is 17.3 Å². The minimum Gasteiger partial charge on any atom is -0.467 e. The molecule has 0 aliphatic carbocycles. The molecule has 3 N–H and O–H groups in total. The Hall–Kier alpha value is -2.43. The van der Waals surface area contributed by atoms with Gasteiger partial charge in [0.2, 0.25) is 0 Å². The predicted octanol–water partition coefficient (Wildman–Crippen LogP) is 3.18. The summed E-state index contributed by atoms with van der Waals surface area (Å²) in [4.78, 5) is 4.32. The Labute approximate surface area is 104 Å². The van der Waals surface area contributed by atoms with Crippen molar-refractivity contribution in [3.63, 3.8) is 0 Å². The number of hydrogen-bond acceptors (Lipinski definition) is 5. The average molecular weight is 243 g/mol. The molecule has 2 heterocycles. The van der Waals surface area contributed by atoms with Crippen LogP contribution in [-0.2, 0) is 0 Å². The molecule has 92 valence electrons. The van der Waals surface area contributed by atoms with E-state index < -0.39 is 0 Å². The second-order valence-electron chi connectivity index (χ2n) is 4.13. The molecule has 0 radical (unpaired) electrons. The summed E-state index contributed by atoms with van der Waals surface area (Å²) in [5, 5.41) is 3.14. The minimum absolute atomic E-state index is 0.00888. The van der Waals surface area contributed by atoms with Gasteiger partial charge in [0, 0.05) is 5.69 Å². The van der Waals surface area contributed by atoms with Crippen molar-refractivity contribution in [3.8, 4) is 0 Å². The zero-order chi connectivity index (χ0) is 12.5. The molecule has 1 aromatic carbocycles. The number of anilines is 2. The summed E-state index contributed by atoms with van der Waals surface area (Å²) in [6.45, 7) is 1.97. The number of fused-ring (bicyclic) bond motifs is 1. The fourth-order valence-electron chi connectivity index (χ4n) is 1.80. The summed E-state index contributed by atoms with van der Waals surface area (Å²) in [6, 6.07) is 9.57. The van der Waals surface area contributed by atoms with Crippen LogP contribution in [0.3, 0.4) is 0 Å². The fourth-order valence-corrected chi connectivity index (χ4v) is 1.80. The van der Waals surface area contributed by atoms with Crippen LogP contribution in [0.5, 0.6) is 0 Å². The molecule has 5 heteroatoms. The Kier molecular flexibility index (Phi) is 2.44. The van der Waals surface area contributed by atoms with Gasteiger partial charge in [0.15, 0.2) is 5.58 Å². The molecular formula is C13H13N3O2. The molecule has 0 amide bonds. The van der Waals surface area contributed by atoms with Crippen molar-refractivity contribution in [2.75, 3.05) is 11.1 Å². The quantitative estimate of drug-likeness (QED) is 0.691. The molecule has 0 spiro atoms. The summed E-state index contributed by atoms with van der Waals surface area (Å²) in [7, 11) is 0. The minimum atomic E-state index is -0.00888. The fraction of sp³-hybridized carbons (Fsp3) is 0.154. The van der Waals surface area contributed by atoms with Gasteiger partial charge in [-0.1, -0.05) is 0 Å². The third-order valence-corrected chi connectivity index (χ3v) is 2.72. The molecule has 5 nitrogen and oxygen atoms in total. The van der Waals surface area contributed by atoms with Crippen molar-refractivity contribution in [2.24, 2.45) is 0 Å². The van der Waals surface area contributed by atoms with Crippen molar-refractivity contribution in [1.29, 1.82) is 0 Å². The van der Waals surface area contributed by atoms with Gasteiger partial charge in [0.25, 0.3) is 6.01 Å². The highest BCUT2D eigenvalue weighted by molar-refractivity contribution is 5.78. The number of nitrogen functional groups attached to an aromatic ring is 1. The highest BCUT2D eigenvalue weighted by Crippen LogP contribution is 2.24. The molecule has 1 unspecified atom stereocenters. The standard InChI is InChI=1S/C13H13N3O2/c1-8(11-3-2-6-17-11)15-13-16-10-7-9(14)4-5-12(10)18-13/h2-8H,14H2,1H3,(H,15,16). The van der Waals surface area contributed by atoms with Crippen LogP contribution in [0.1, 0.15) is 18.7 Å². The van der Waals surface area contributed by atoms with Crippen LogP contribution in [0.2, 0.25) is 0 Å². The first-order valence-electron chi connectivity index (χ1n) is 5.68. The Morgan fingerprint density at radius 1 is 1.33 bits per heavy atom. The number of rotatable bonds is 3. The molecule has 1 atom stereocenters. The van der Waals surface area contributed by atoms with Crippen LogP contribution in [0, 0.1) is 0 Å². The zero-order valence-electron chi connectivity index (χ0n) is 9.88. The molecule has 0 bridgehead atoms. The smallest absolute Gasteiger partial charge is 0.296 e. The zero-order valence-corrected chi connectivity index (χ0v) is 9.88. The molecule has 0 saturated heterocycles. The van der Waals surface area contributed by atoms with E-state index in [9.17, 15) is 0 Å². The van der Waals surface area contributed by atoms with Gasteiger partial charge in [0.1, 0.15) is 11.3 Å². The molecule has 0 saturated carbocycles. The van der Waals surface area contributed by atoms with E-state index in [4.69, 9.17) is 14.6 Å². The predicted molar refractivity (Wildman–Crippen MR) is 69.2 cm³/mol. The van der Waals surface area contributed by atoms with E-state index in [1.165, 1.54) is 0 Å². The summed E-state index contributed by atoms with van der Waals surface area (Å²) in [6.07, 6.45) is 1.64. The highest BCUT2D eigenvalue weighted by Gasteiger charge is 2.12. The lowest BCUT2D eigenvalue weighted by Gasteiger charge is -2.07. The first kappa shape index (κ1) is 10.7. The summed E-state index contributed by atoms with van der Waals surface area (Å²) in [5.74, 6) is 0.830. The van der Waals surface area contributed by atoms with Gasteiger partial charge in [-0.15, -0.1) is 0 Å². The molecular weight excluding hydrogens is 230 g/mol. The Morgan fingerprint density at radius 3 is 3.00 bits per heavy atom. The van der Waals surface area contributed by atoms with Gasteiger partial charge in [-0.25, -0.2) is 0 Å². The van der Waals surface area contributed by atoms with Crippen LogP contribution >= 0.6 is 0 Å².